The van der Waals surface area contributed by atoms with Crippen LogP contribution in [0, 0.1) is 16.0 Å². The Bertz CT molecular complexity index is 1060. The van der Waals surface area contributed by atoms with Crippen LogP contribution in [0.25, 0.3) is 0 Å². The van der Waals surface area contributed by atoms with E-state index in [2.05, 4.69) is 0 Å². The van der Waals surface area contributed by atoms with Crippen molar-refractivity contribution < 1.29 is 28.0 Å². The van der Waals surface area contributed by atoms with Crippen molar-refractivity contribution in [3.8, 4) is 0 Å². The summed E-state index contributed by atoms with van der Waals surface area (Å²) in [6.07, 6.45) is -3.40. The molecule has 0 aromatic heterocycles. The molecule has 0 unspecified atom stereocenters. The van der Waals surface area contributed by atoms with E-state index in [1.165, 1.54) is 12.1 Å². The first-order valence-corrected chi connectivity index (χ1v) is 11.1. The van der Waals surface area contributed by atoms with Gasteiger partial charge in [-0.25, -0.2) is 0 Å². The quantitative estimate of drug-likeness (QED) is 0.508. The number of halogens is 3. The van der Waals surface area contributed by atoms with Gasteiger partial charge < -0.3 is 19.8 Å². The molecule has 0 radical (unpaired) electrons. The Labute approximate surface area is 194 Å². The standard InChI is InChI=1S/C23H25F3N4O4/c24-23(25,26)17-2-1-3-18(14-17)28-10-12-29(13-11-28)21-15-19(4-5-20(21)30(33)34)27-8-6-16(7-9-27)22(31)32/h1-5,14-16H,6-13H2,(H,31,32). The monoisotopic (exact) mass is 478 g/mol. The minimum Gasteiger partial charge on any atom is -0.481 e. The van der Waals surface area contributed by atoms with Crippen molar-refractivity contribution in [1.29, 1.82) is 0 Å². The van der Waals surface area contributed by atoms with Crippen LogP contribution in [0.5, 0.6) is 0 Å². The molecular weight excluding hydrogens is 453 g/mol. The third kappa shape index (κ3) is 5.02. The fourth-order valence-corrected chi connectivity index (χ4v) is 4.59. The van der Waals surface area contributed by atoms with Gasteiger partial charge in [0.05, 0.1) is 16.4 Å². The molecule has 2 saturated heterocycles. The van der Waals surface area contributed by atoms with Gasteiger partial charge in [-0.15, -0.1) is 0 Å². The highest BCUT2D eigenvalue weighted by atomic mass is 19.4. The largest absolute Gasteiger partial charge is 0.481 e. The lowest BCUT2D eigenvalue weighted by atomic mass is 9.96. The fourth-order valence-electron chi connectivity index (χ4n) is 4.59. The minimum atomic E-state index is -4.42. The molecule has 0 atom stereocenters. The van der Waals surface area contributed by atoms with E-state index in [0.29, 0.717) is 63.5 Å². The third-order valence-corrected chi connectivity index (χ3v) is 6.52. The normalized spacial score (nSPS) is 17.7. The average molecular weight is 478 g/mol. The van der Waals surface area contributed by atoms with Gasteiger partial charge in [0, 0.05) is 56.7 Å². The molecule has 1 N–H and O–H groups in total. The van der Waals surface area contributed by atoms with Crippen molar-refractivity contribution in [3.05, 3.63) is 58.1 Å². The summed E-state index contributed by atoms with van der Waals surface area (Å²) in [7, 11) is 0. The van der Waals surface area contributed by atoms with Crippen LogP contribution in [0.1, 0.15) is 18.4 Å². The molecule has 0 bridgehead atoms. The summed E-state index contributed by atoms with van der Waals surface area (Å²) >= 11 is 0. The van der Waals surface area contributed by atoms with E-state index in [-0.39, 0.29) is 11.6 Å². The van der Waals surface area contributed by atoms with Crippen LogP contribution in [0.4, 0.5) is 35.9 Å². The number of anilines is 3. The van der Waals surface area contributed by atoms with Crippen LogP contribution in [0.2, 0.25) is 0 Å². The molecule has 182 valence electrons. The van der Waals surface area contributed by atoms with E-state index in [1.807, 2.05) is 14.7 Å². The first-order valence-electron chi connectivity index (χ1n) is 11.1. The summed E-state index contributed by atoms with van der Waals surface area (Å²) in [5, 5.41) is 20.9. The third-order valence-electron chi connectivity index (χ3n) is 6.52. The molecule has 2 aliphatic rings. The Balaban J connectivity index is 1.49. The highest BCUT2D eigenvalue weighted by Crippen LogP contribution is 2.36. The Hall–Kier alpha value is -3.50. The molecule has 0 saturated carbocycles. The number of hydrogen-bond acceptors (Lipinski definition) is 6. The number of carboxylic acids is 1. The van der Waals surface area contributed by atoms with Gasteiger partial charge in [0.1, 0.15) is 5.69 Å². The Kier molecular flexibility index (Phi) is 6.54. The van der Waals surface area contributed by atoms with Gasteiger partial charge in [0.2, 0.25) is 0 Å². The predicted octanol–water partition coefficient (Wildman–Crippen LogP) is 4.24. The smallest absolute Gasteiger partial charge is 0.416 e. The minimum absolute atomic E-state index is 0.0308. The maximum atomic E-state index is 13.1. The molecule has 2 heterocycles. The van der Waals surface area contributed by atoms with Crippen molar-refractivity contribution in [2.75, 3.05) is 54.0 Å². The lowest BCUT2D eigenvalue weighted by Crippen LogP contribution is -2.46. The lowest BCUT2D eigenvalue weighted by molar-refractivity contribution is -0.384. The first-order chi connectivity index (χ1) is 16.1. The van der Waals surface area contributed by atoms with E-state index in [1.54, 1.807) is 18.2 Å². The number of piperidine rings is 1. The molecule has 2 aromatic carbocycles. The predicted molar refractivity (Wildman–Crippen MR) is 122 cm³/mol. The topological polar surface area (TPSA) is 90.2 Å². The molecule has 0 spiro atoms. The van der Waals surface area contributed by atoms with E-state index in [9.17, 15) is 33.2 Å². The summed E-state index contributed by atoms with van der Waals surface area (Å²) in [6, 6.07) is 10.1. The van der Waals surface area contributed by atoms with E-state index >= 15 is 0 Å². The molecule has 4 rings (SSSR count). The number of rotatable bonds is 5. The van der Waals surface area contributed by atoms with Gasteiger partial charge in [-0.3, -0.25) is 14.9 Å². The zero-order chi connectivity index (χ0) is 24.5. The molecule has 8 nitrogen and oxygen atoms in total. The SMILES string of the molecule is O=C(O)C1CCN(c2ccc([N+](=O)[O-])c(N3CCN(c4cccc(C(F)(F)F)c4)CC3)c2)CC1. The maximum Gasteiger partial charge on any atom is 0.416 e. The van der Waals surface area contributed by atoms with Crippen LogP contribution in [-0.4, -0.2) is 55.3 Å². The first kappa shape index (κ1) is 23.7. The number of carboxylic acid groups (broad SMARTS) is 1. The second-order valence-corrected chi connectivity index (χ2v) is 8.55. The Morgan fingerprint density at radius 2 is 1.50 bits per heavy atom. The Morgan fingerprint density at radius 1 is 0.912 bits per heavy atom. The summed E-state index contributed by atoms with van der Waals surface area (Å²) in [6.45, 7) is 2.79. The number of piperazine rings is 1. The number of carbonyl (C=O) groups is 1. The van der Waals surface area contributed by atoms with E-state index in [0.717, 1.165) is 17.8 Å². The van der Waals surface area contributed by atoms with Gasteiger partial charge in [-0.1, -0.05) is 6.07 Å². The van der Waals surface area contributed by atoms with Crippen LogP contribution >= 0.6 is 0 Å². The summed E-state index contributed by atoms with van der Waals surface area (Å²) in [5.41, 5.74) is 0.995. The van der Waals surface area contributed by atoms with Gasteiger partial charge in [0.15, 0.2) is 0 Å². The molecule has 34 heavy (non-hydrogen) atoms. The molecule has 11 heteroatoms. The number of nitro benzene ring substituents is 1. The number of benzene rings is 2. The van der Waals surface area contributed by atoms with Crippen LogP contribution in [0.15, 0.2) is 42.5 Å². The number of nitrogens with zero attached hydrogens (tertiary/aromatic N) is 4. The summed E-state index contributed by atoms with van der Waals surface area (Å²) in [5.74, 6) is -1.18. The van der Waals surface area contributed by atoms with Crippen LogP contribution in [-0.2, 0) is 11.0 Å². The van der Waals surface area contributed by atoms with Gasteiger partial charge >= 0.3 is 12.1 Å². The second-order valence-electron chi connectivity index (χ2n) is 8.55. The van der Waals surface area contributed by atoms with Crippen molar-refractivity contribution >= 4 is 28.7 Å². The van der Waals surface area contributed by atoms with Crippen LogP contribution in [0.3, 0.4) is 0 Å². The molecule has 2 aliphatic heterocycles. The van der Waals surface area contributed by atoms with Gasteiger partial charge in [-0.2, -0.15) is 13.2 Å². The number of nitro groups is 1. The number of hydrogen-bond donors (Lipinski definition) is 1. The highest BCUT2D eigenvalue weighted by molar-refractivity contribution is 5.72. The molecule has 0 aliphatic carbocycles. The van der Waals surface area contributed by atoms with E-state index < -0.39 is 22.6 Å². The number of aliphatic carboxylic acids is 1. The van der Waals surface area contributed by atoms with Gasteiger partial charge in [-0.05, 0) is 43.2 Å². The zero-order valence-corrected chi connectivity index (χ0v) is 18.4. The average Bonchev–Trinajstić information content (AvgIpc) is 2.83. The zero-order valence-electron chi connectivity index (χ0n) is 18.4. The van der Waals surface area contributed by atoms with Crippen molar-refractivity contribution in [2.45, 2.75) is 19.0 Å². The molecule has 2 fully saturated rings. The van der Waals surface area contributed by atoms with Crippen molar-refractivity contribution in [3.63, 3.8) is 0 Å². The van der Waals surface area contributed by atoms with Gasteiger partial charge in [0.25, 0.3) is 5.69 Å². The summed E-state index contributed by atoms with van der Waals surface area (Å²) in [4.78, 5) is 28.2. The second kappa shape index (κ2) is 9.40. The maximum absolute atomic E-state index is 13.1. The number of alkyl halides is 3. The van der Waals surface area contributed by atoms with Crippen LogP contribution < -0.4 is 14.7 Å². The Morgan fingerprint density at radius 3 is 2.09 bits per heavy atom. The van der Waals surface area contributed by atoms with Crippen molar-refractivity contribution in [1.82, 2.24) is 0 Å². The van der Waals surface area contributed by atoms with Crippen molar-refractivity contribution in [2.24, 2.45) is 5.92 Å². The molecule has 2 aromatic rings. The summed E-state index contributed by atoms with van der Waals surface area (Å²) < 4.78 is 39.2. The lowest BCUT2D eigenvalue weighted by Gasteiger charge is -2.38. The molecular formula is C23H25F3N4O4. The fraction of sp³-hybridized carbons (Fsp3) is 0.435. The highest BCUT2D eigenvalue weighted by Gasteiger charge is 2.32. The van der Waals surface area contributed by atoms with E-state index in [4.69, 9.17) is 0 Å². The molecule has 0 amide bonds.